The number of methoxy groups -OCH3 is 1. The molecule has 30 heavy (non-hydrogen) atoms. The van der Waals surface area contributed by atoms with Crippen LogP contribution in [0.2, 0.25) is 0 Å². The number of rotatable bonds is 9. The van der Waals surface area contributed by atoms with Gasteiger partial charge in [-0.2, -0.15) is 0 Å². The summed E-state index contributed by atoms with van der Waals surface area (Å²) in [6.45, 7) is 4.83. The number of ether oxygens (including phenoxy) is 2. The minimum absolute atomic E-state index is 0.163. The van der Waals surface area contributed by atoms with Crippen LogP contribution in [0.15, 0.2) is 66.7 Å². The van der Waals surface area contributed by atoms with E-state index in [1.165, 1.54) is 23.4 Å². The van der Waals surface area contributed by atoms with Gasteiger partial charge in [0.05, 0.1) is 12.7 Å². The normalized spacial score (nSPS) is 12.5. The number of carbonyl (C=O) groups is 1. The molecule has 0 saturated carbocycles. The average Bonchev–Trinajstić information content (AvgIpc) is 2.76. The number of nitrogens with one attached hydrogen (secondary N) is 1. The third-order valence-corrected chi connectivity index (χ3v) is 4.99. The Kier molecular flexibility index (Phi) is 7.08. The zero-order valence-corrected chi connectivity index (χ0v) is 17.7. The second-order valence-corrected chi connectivity index (χ2v) is 8.10. The summed E-state index contributed by atoms with van der Waals surface area (Å²) in [5, 5.41) is 16.2. The predicted octanol–water partition coefficient (Wildman–Crippen LogP) is 3.98. The maximum absolute atomic E-state index is 11.5. The molecule has 2 N–H and O–H groups in total. The second-order valence-electron chi connectivity index (χ2n) is 8.10. The van der Waals surface area contributed by atoms with Crippen LogP contribution in [0.4, 0.5) is 0 Å². The lowest BCUT2D eigenvalue weighted by atomic mass is 9.93. The van der Waals surface area contributed by atoms with Crippen LogP contribution in [-0.2, 0) is 11.2 Å². The fourth-order valence-corrected chi connectivity index (χ4v) is 3.37. The lowest BCUT2D eigenvalue weighted by Crippen LogP contribution is -2.46. The summed E-state index contributed by atoms with van der Waals surface area (Å²) in [6, 6.07) is 21.5. The highest BCUT2D eigenvalue weighted by Gasteiger charge is 2.19. The van der Waals surface area contributed by atoms with Crippen LogP contribution < -0.4 is 10.1 Å². The first-order valence-electron chi connectivity index (χ1n) is 10.1. The number of aliphatic hydroxyl groups excluding tert-OH is 1. The van der Waals surface area contributed by atoms with Gasteiger partial charge in [0.15, 0.2) is 0 Å². The first-order valence-corrected chi connectivity index (χ1v) is 10.1. The fraction of sp³-hybridized carbons (Fsp3) is 0.320. The van der Waals surface area contributed by atoms with Crippen LogP contribution in [0, 0.1) is 0 Å². The van der Waals surface area contributed by atoms with Gasteiger partial charge in [0.2, 0.25) is 0 Å². The van der Waals surface area contributed by atoms with Crippen molar-refractivity contribution < 1.29 is 19.4 Å². The van der Waals surface area contributed by atoms with Gasteiger partial charge < -0.3 is 19.9 Å². The number of β-amino-alcohol motifs (C(OH)–C–C–N with tert-alkyl or cyclic N) is 1. The molecule has 0 heterocycles. The summed E-state index contributed by atoms with van der Waals surface area (Å²) in [7, 11) is 1.34. The van der Waals surface area contributed by atoms with E-state index < -0.39 is 6.10 Å². The Morgan fingerprint density at radius 1 is 1.03 bits per heavy atom. The number of aliphatic hydroxyl groups is 1. The molecule has 0 bridgehead atoms. The lowest BCUT2D eigenvalue weighted by Gasteiger charge is -2.28. The third-order valence-electron chi connectivity index (χ3n) is 4.99. The molecule has 3 rings (SSSR count). The van der Waals surface area contributed by atoms with Crippen molar-refractivity contribution in [2.45, 2.75) is 31.9 Å². The van der Waals surface area contributed by atoms with E-state index in [0.717, 1.165) is 6.42 Å². The van der Waals surface area contributed by atoms with E-state index in [9.17, 15) is 9.90 Å². The van der Waals surface area contributed by atoms with Gasteiger partial charge in [0.1, 0.15) is 18.5 Å². The molecule has 0 aliphatic carbocycles. The highest BCUT2D eigenvalue weighted by Crippen LogP contribution is 2.19. The molecule has 5 heteroatoms. The van der Waals surface area contributed by atoms with E-state index >= 15 is 0 Å². The molecule has 3 aromatic rings. The van der Waals surface area contributed by atoms with Gasteiger partial charge in [0, 0.05) is 12.1 Å². The van der Waals surface area contributed by atoms with Crippen LogP contribution in [0.5, 0.6) is 5.75 Å². The SMILES string of the molecule is COC(=O)c1ccc(OCC(O)CNC(C)(C)Cc2ccc3ccccc3c2)cc1. The van der Waals surface area contributed by atoms with Crippen LogP contribution >= 0.6 is 0 Å². The summed E-state index contributed by atoms with van der Waals surface area (Å²) in [4.78, 5) is 11.5. The van der Waals surface area contributed by atoms with Gasteiger partial charge in [-0.25, -0.2) is 4.79 Å². The predicted molar refractivity (Wildman–Crippen MR) is 119 cm³/mol. The van der Waals surface area contributed by atoms with Crippen molar-refractivity contribution in [2.75, 3.05) is 20.3 Å². The molecule has 3 aromatic carbocycles. The first kappa shape index (κ1) is 21.8. The molecule has 0 aliphatic heterocycles. The minimum atomic E-state index is -0.652. The third kappa shape index (κ3) is 6.05. The zero-order valence-electron chi connectivity index (χ0n) is 17.7. The van der Waals surface area contributed by atoms with E-state index in [2.05, 4.69) is 60.3 Å². The number of benzene rings is 3. The van der Waals surface area contributed by atoms with Gasteiger partial charge in [-0.05, 0) is 60.9 Å². The van der Waals surface area contributed by atoms with Crippen molar-refractivity contribution in [1.29, 1.82) is 0 Å². The highest BCUT2D eigenvalue weighted by molar-refractivity contribution is 5.89. The summed E-state index contributed by atoms with van der Waals surface area (Å²) in [6.07, 6.45) is 0.196. The Hall–Kier alpha value is -2.89. The number of fused-ring (bicyclic) bond motifs is 1. The molecule has 0 saturated heterocycles. The standard InChI is InChI=1S/C25H29NO4/c1-25(2,15-18-8-9-19-6-4-5-7-21(19)14-18)26-16-22(27)17-30-23-12-10-20(11-13-23)24(28)29-3/h4-14,22,26-27H,15-17H2,1-3H3. The molecule has 0 radical (unpaired) electrons. The molecule has 0 spiro atoms. The highest BCUT2D eigenvalue weighted by atomic mass is 16.5. The van der Waals surface area contributed by atoms with E-state index in [4.69, 9.17) is 4.74 Å². The van der Waals surface area contributed by atoms with Crippen LogP contribution in [0.1, 0.15) is 29.8 Å². The fourth-order valence-electron chi connectivity index (χ4n) is 3.37. The topological polar surface area (TPSA) is 67.8 Å². The maximum atomic E-state index is 11.5. The van der Waals surface area contributed by atoms with Crippen molar-refractivity contribution in [3.63, 3.8) is 0 Å². The minimum Gasteiger partial charge on any atom is -0.491 e. The number of esters is 1. The van der Waals surface area contributed by atoms with E-state index in [0.29, 0.717) is 17.9 Å². The molecular weight excluding hydrogens is 378 g/mol. The largest absolute Gasteiger partial charge is 0.491 e. The molecule has 0 amide bonds. The van der Waals surface area contributed by atoms with Gasteiger partial charge in [-0.3, -0.25) is 0 Å². The maximum Gasteiger partial charge on any atom is 0.337 e. The Morgan fingerprint density at radius 3 is 2.43 bits per heavy atom. The van der Waals surface area contributed by atoms with Crippen LogP contribution in [0.25, 0.3) is 10.8 Å². The van der Waals surface area contributed by atoms with Crippen molar-refractivity contribution in [1.82, 2.24) is 5.32 Å². The molecule has 0 aromatic heterocycles. The van der Waals surface area contributed by atoms with E-state index in [1.807, 2.05) is 6.07 Å². The molecule has 1 unspecified atom stereocenters. The smallest absolute Gasteiger partial charge is 0.337 e. The van der Waals surface area contributed by atoms with Crippen molar-refractivity contribution in [2.24, 2.45) is 0 Å². The Labute approximate surface area is 177 Å². The van der Waals surface area contributed by atoms with Gasteiger partial charge >= 0.3 is 5.97 Å². The zero-order chi connectivity index (χ0) is 21.6. The van der Waals surface area contributed by atoms with E-state index in [1.54, 1.807) is 24.3 Å². The quantitative estimate of drug-likeness (QED) is 0.525. The number of hydrogen-bond acceptors (Lipinski definition) is 5. The molecule has 0 fully saturated rings. The number of hydrogen-bond donors (Lipinski definition) is 2. The summed E-state index contributed by atoms with van der Waals surface area (Å²) < 4.78 is 10.3. The average molecular weight is 408 g/mol. The molecule has 158 valence electrons. The van der Waals surface area contributed by atoms with Crippen LogP contribution in [-0.4, -0.2) is 43.0 Å². The first-order chi connectivity index (χ1) is 14.4. The molecule has 1 atom stereocenters. The lowest BCUT2D eigenvalue weighted by molar-refractivity contribution is 0.0600. The second kappa shape index (κ2) is 9.74. The summed E-state index contributed by atoms with van der Waals surface area (Å²) >= 11 is 0. The molecule has 0 aliphatic rings. The Morgan fingerprint density at radius 2 is 1.73 bits per heavy atom. The Balaban J connectivity index is 1.47. The van der Waals surface area contributed by atoms with Gasteiger partial charge in [-0.1, -0.05) is 42.5 Å². The molecular formula is C25H29NO4. The van der Waals surface area contributed by atoms with Gasteiger partial charge in [0.25, 0.3) is 0 Å². The van der Waals surface area contributed by atoms with Crippen molar-refractivity contribution >= 4 is 16.7 Å². The Bertz CT molecular complexity index is 982. The summed E-state index contributed by atoms with van der Waals surface area (Å²) in [5.74, 6) is 0.205. The van der Waals surface area contributed by atoms with Crippen molar-refractivity contribution in [3.05, 3.63) is 77.9 Å². The van der Waals surface area contributed by atoms with Crippen molar-refractivity contribution in [3.8, 4) is 5.75 Å². The monoisotopic (exact) mass is 407 g/mol. The van der Waals surface area contributed by atoms with E-state index in [-0.39, 0.29) is 18.1 Å². The summed E-state index contributed by atoms with van der Waals surface area (Å²) in [5.41, 5.74) is 1.54. The molecule has 5 nitrogen and oxygen atoms in total. The van der Waals surface area contributed by atoms with Crippen LogP contribution in [0.3, 0.4) is 0 Å². The van der Waals surface area contributed by atoms with Gasteiger partial charge in [-0.15, -0.1) is 0 Å². The number of carbonyl (C=O) groups excluding carboxylic acids is 1.